The van der Waals surface area contributed by atoms with E-state index < -0.39 is 0 Å². The number of hydrogen-bond acceptors (Lipinski definition) is 1. The number of rotatable bonds is 8. The average Bonchev–Trinajstić information content (AvgIpc) is 2.31. The molecule has 0 aromatic carbocycles. The van der Waals surface area contributed by atoms with Gasteiger partial charge in [0.2, 0.25) is 0 Å². The summed E-state index contributed by atoms with van der Waals surface area (Å²) >= 11 is 0. The number of nitrogens with zero attached hydrogens (tertiary/aromatic N) is 1. The third-order valence-electron chi connectivity index (χ3n) is 3.40. The van der Waals surface area contributed by atoms with Gasteiger partial charge in [-0.25, -0.2) is 0 Å². The maximum Gasteiger partial charge on any atom is -0.00191 e. The molecule has 0 radical (unpaired) electrons. The molecule has 0 heterocycles. The Labute approximate surface area is 108 Å². The summed E-state index contributed by atoms with van der Waals surface area (Å²) in [5, 5.41) is 0. The Morgan fingerprint density at radius 2 is 1.53 bits per heavy atom. The van der Waals surface area contributed by atoms with Crippen LogP contribution < -0.4 is 0 Å². The molecule has 0 fully saturated rings. The highest BCUT2D eigenvalue weighted by Crippen LogP contribution is 2.18. The first-order chi connectivity index (χ1) is 7.88. The van der Waals surface area contributed by atoms with Gasteiger partial charge in [0.1, 0.15) is 0 Å². The van der Waals surface area contributed by atoms with Gasteiger partial charge in [-0.05, 0) is 45.3 Å². The minimum Gasteiger partial charge on any atom is -0.309 e. The zero-order valence-corrected chi connectivity index (χ0v) is 12.3. The molecule has 98 valence electrons. The summed E-state index contributed by atoms with van der Waals surface area (Å²) in [4.78, 5) is 2.21. The highest BCUT2D eigenvalue weighted by atomic mass is 15.0. The first-order valence-corrected chi connectivity index (χ1v) is 6.58. The molecule has 0 saturated heterocycles. The van der Waals surface area contributed by atoms with Crippen LogP contribution in [-0.2, 0) is 0 Å². The lowest BCUT2D eigenvalue weighted by atomic mass is 9.95. The molecule has 17 heavy (non-hydrogen) atoms. The minimum atomic E-state index is 0.540. The normalized spacial score (nSPS) is 15.2. The molecule has 2 unspecified atom stereocenters. The molecule has 0 bridgehead atoms. The molecular weight excluding hydrogens is 206 g/mol. The van der Waals surface area contributed by atoms with Crippen molar-refractivity contribution in [1.82, 2.24) is 4.90 Å². The molecule has 0 amide bonds. The maximum absolute atomic E-state index is 4.14. The van der Waals surface area contributed by atoms with Crippen molar-refractivity contribution in [2.75, 3.05) is 20.6 Å². The van der Waals surface area contributed by atoms with E-state index in [2.05, 4.69) is 65.1 Å². The Morgan fingerprint density at radius 3 is 1.94 bits per heavy atom. The highest BCUT2D eigenvalue weighted by Gasteiger charge is 2.05. The maximum atomic E-state index is 4.14. The Kier molecular flexibility index (Phi) is 7.90. The molecule has 0 N–H and O–H groups in total. The molecule has 0 aromatic rings. The fourth-order valence-electron chi connectivity index (χ4n) is 1.44. The fraction of sp³-hybridized carbons (Fsp3) is 0.625. The second-order valence-corrected chi connectivity index (χ2v) is 5.29. The lowest BCUT2D eigenvalue weighted by Crippen LogP contribution is -2.15. The number of hydrogen-bond donors (Lipinski definition) is 0. The van der Waals surface area contributed by atoms with Crippen molar-refractivity contribution in [3.8, 4) is 0 Å². The van der Waals surface area contributed by atoms with Crippen molar-refractivity contribution in [2.24, 2.45) is 11.8 Å². The molecule has 0 aliphatic carbocycles. The zero-order valence-electron chi connectivity index (χ0n) is 12.3. The summed E-state index contributed by atoms with van der Waals surface area (Å²) in [6.45, 7) is 16.0. The summed E-state index contributed by atoms with van der Waals surface area (Å²) in [6, 6.07) is 0. The molecular formula is C16H29N. The van der Waals surface area contributed by atoms with Gasteiger partial charge in [-0.15, -0.1) is 0 Å². The second-order valence-electron chi connectivity index (χ2n) is 5.29. The van der Waals surface area contributed by atoms with Crippen LogP contribution in [0.15, 0.2) is 36.5 Å². The van der Waals surface area contributed by atoms with E-state index in [0.29, 0.717) is 11.8 Å². The van der Waals surface area contributed by atoms with E-state index in [1.807, 2.05) is 0 Å². The Balaban J connectivity index is 4.15. The van der Waals surface area contributed by atoms with E-state index in [1.54, 1.807) is 0 Å². The predicted molar refractivity (Wildman–Crippen MR) is 79.2 cm³/mol. The quantitative estimate of drug-likeness (QED) is 0.567. The lowest BCUT2D eigenvalue weighted by molar-refractivity contribution is 0.377. The van der Waals surface area contributed by atoms with Crippen LogP contribution in [0.1, 0.15) is 33.6 Å². The van der Waals surface area contributed by atoms with Gasteiger partial charge in [0, 0.05) is 0 Å². The van der Waals surface area contributed by atoms with Crippen LogP contribution in [-0.4, -0.2) is 25.5 Å². The van der Waals surface area contributed by atoms with Crippen LogP contribution in [0.25, 0.3) is 0 Å². The molecule has 0 spiro atoms. The van der Waals surface area contributed by atoms with E-state index >= 15 is 0 Å². The fourth-order valence-corrected chi connectivity index (χ4v) is 1.44. The Bertz CT molecular complexity index is 273. The molecule has 0 saturated carbocycles. The number of allylic oxidation sites excluding steroid dienone is 4. The van der Waals surface area contributed by atoms with Gasteiger partial charge in [-0.1, -0.05) is 57.2 Å². The van der Waals surface area contributed by atoms with Gasteiger partial charge < -0.3 is 4.90 Å². The molecule has 2 atom stereocenters. The van der Waals surface area contributed by atoms with Gasteiger partial charge >= 0.3 is 0 Å². The summed E-state index contributed by atoms with van der Waals surface area (Å²) in [5.74, 6) is 1.11. The molecule has 0 aliphatic rings. The topological polar surface area (TPSA) is 3.24 Å². The first-order valence-electron chi connectivity index (χ1n) is 6.58. The van der Waals surface area contributed by atoms with E-state index in [1.165, 1.54) is 11.1 Å². The van der Waals surface area contributed by atoms with E-state index in [-0.39, 0.29) is 0 Å². The SMILES string of the molecule is C=C(/C=C\C(=C)C(C)CCN(C)C)C(C)CC. The first kappa shape index (κ1) is 16.2. The molecule has 0 rings (SSSR count). The predicted octanol–water partition coefficient (Wildman–Crippen LogP) is 4.29. The largest absolute Gasteiger partial charge is 0.309 e. The van der Waals surface area contributed by atoms with Crippen LogP contribution in [0.5, 0.6) is 0 Å². The third kappa shape index (κ3) is 7.17. The summed E-state index contributed by atoms with van der Waals surface area (Å²) < 4.78 is 0. The molecule has 1 nitrogen and oxygen atoms in total. The van der Waals surface area contributed by atoms with Crippen LogP contribution in [0.2, 0.25) is 0 Å². The molecule has 0 aromatic heterocycles. The monoisotopic (exact) mass is 235 g/mol. The van der Waals surface area contributed by atoms with Crippen molar-refractivity contribution in [3.05, 3.63) is 36.5 Å². The Morgan fingerprint density at radius 1 is 1.06 bits per heavy atom. The smallest absolute Gasteiger partial charge is 0.00191 e. The third-order valence-corrected chi connectivity index (χ3v) is 3.40. The van der Waals surface area contributed by atoms with E-state index in [9.17, 15) is 0 Å². The van der Waals surface area contributed by atoms with Crippen molar-refractivity contribution in [2.45, 2.75) is 33.6 Å². The lowest BCUT2D eigenvalue weighted by Gasteiger charge is -2.15. The van der Waals surface area contributed by atoms with Gasteiger partial charge in [0.25, 0.3) is 0 Å². The Hall–Kier alpha value is -0.820. The van der Waals surface area contributed by atoms with E-state index in [0.717, 1.165) is 19.4 Å². The van der Waals surface area contributed by atoms with Crippen LogP contribution in [0.3, 0.4) is 0 Å². The van der Waals surface area contributed by atoms with Gasteiger partial charge in [-0.2, -0.15) is 0 Å². The summed E-state index contributed by atoms with van der Waals surface area (Å²) in [5.41, 5.74) is 2.41. The average molecular weight is 235 g/mol. The van der Waals surface area contributed by atoms with Crippen molar-refractivity contribution in [3.63, 3.8) is 0 Å². The van der Waals surface area contributed by atoms with Gasteiger partial charge in [-0.3, -0.25) is 0 Å². The van der Waals surface area contributed by atoms with Crippen molar-refractivity contribution < 1.29 is 0 Å². The summed E-state index contributed by atoms with van der Waals surface area (Å²) in [6.07, 6.45) is 6.56. The molecule has 1 heteroatoms. The van der Waals surface area contributed by atoms with Crippen LogP contribution in [0.4, 0.5) is 0 Å². The van der Waals surface area contributed by atoms with Gasteiger partial charge in [0.15, 0.2) is 0 Å². The van der Waals surface area contributed by atoms with Crippen LogP contribution >= 0.6 is 0 Å². The standard InChI is InChI=1S/C16H29N/c1-8-13(2)14(3)9-10-15(4)16(5)11-12-17(6)7/h9-10,13,16H,3-4,8,11-12H2,1-2,5-7H3/b10-9-. The van der Waals surface area contributed by atoms with Gasteiger partial charge in [0.05, 0.1) is 0 Å². The van der Waals surface area contributed by atoms with Crippen molar-refractivity contribution >= 4 is 0 Å². The second kappa shape index (κ2) is 8.30. The minimum absolute atomic E-state index is 0.540. The van der Waals surface area contributed by atoms with Crippen molar-refractivity contribution in [1.29, 1.82) is 0 Å². The molecule has 0 aliphatic heterocycles. The highest BCUT2D eigenvalue weighted by molar-refractivity contribution is 5.26. The van der Waals surface area contributed by atoms with E-state index in [4.69, 9.17) is 0 Å². The zero-order chi connectivity index (χ0) is 13.4. The van der Waals surface area contributed by atoms with Crippen LogP contribution in [0, 0.1) is 11.8 Å². The summed E-state index contributed by atoms with van der Waals surface area (Å²) in [7, 11) is 4.21.